The van der Waals surface area contributed by atoms with E-state index in [0.29, 0.717) is 48.3 Å². The molecular weight excluding hydrogens is 607 g/mol. The lowest BCUT2D eigenvalue weighted by molar-refractivity contribution is -0.172. The van der Waals surface area contributed by atoms with Crippen molar-refractivity contribution in [2.75, 3.05) is 6.54 Å². The fourth-order valence-electron chi connectivity index (χ4n) is 7.78. The zero-order valence-electron chi connectivity index (χ0n) is 27.3. The van der Waals surface area contributed by atoms with Crippen LogP contribution in [0, 0.1) is 12.7 Å². The molecule has 3 aromatic rings. The van der Waals surface area contributed by atoms with E-state index in [9.17, 15) is 24.3 Å². The van der Waals surface area contributed by atoms with E-state index < -0.39 is 34.9 Å². The smallest absolute Gasteiger partial charge is 0.410 e. The number of aromatic nitrogens is 2. The van der Waals surface area contributed by atoms with Crippen LogP contribution in [0.25, 0.3) is 22.3 Å². The van der Waals surface area contributed by atoms with Crippen molar-refractivity contribution in [3.63, 3.8) is 0 Å². The van der Waals surface area contributed by atoms with Crippen LogP contribution in [-0.2, 0) is 44.2 Å². The number of hydrogen-bond donors (Lipinski definition) is 2. The summed E-state index contributed by atoms with van der Waals surface area (Å²) in [4.78, 5) is 59.5. The first-order chi connectivity index (χ1) is 22.2. The van der Waals surface area contributed by atoms with E-state index in [2.05, 4.69) is 5.32 Å². The van der Waals surface area contributed by atoms with Gasteiger partial charge in [0.15, 0.2) is 5.60 Å². The predicted molar refractivity (Wildman–Crippen MR) is 169 cm³/mol. The van der Waals surface area contributed by atoms with Crippen LogP contribution >= 0.6 is 0 Å². The minimum atomic E-state index is -1.98. The molecule has 0 saturated carbocycles. The van der Waals surface area contributed by atoms with Gasteiger partial charge in [-0.25, -0.2) is 19.0 Å². The van der Waals surface area contributed by atoms with Gasteiger partial charge in [-0.3, -0.25) is 9.59 Å². The third-order valence-electron chi connectivity index (χ3n) is 10.1. The Morgan fingerprint density at radius 2 is 1.96 bits per heavy atom. The van der Waals surface area contributed by atoms with Gasteiger partial charge in [-0.2, -0.15) is 0 Å². The third-order valence-corrected chi connectivity index (χ3v) is 10.1. The molecule has 1 saturated heterocycles. The number of aliphatic hydroxyl groups is 1. The Morgan fingerprint density at radius 1 is 1.19 bits per heavy atom. The molecule has 11 nitrogen and oxygen atoms in total. The number of carbonyl (C=O) groups is 3. The van der Waals surface area contributed by atoms with Crippen molar-refractivity contribution in [3.05, 3.63) is 61.7 Å². The van der Waals surface area contributed by atoms with Crippen LogP contribution in [0.4, 0.5) is 9.18 Å². The van der Waals surface area contributed by atoms with Gasteiger partial charge in [0.2, 0.25) is 5.91 Å². The molecule has 0 radical (unpaired) electrons. The third kappa shape index (κ3) is 4.90. The second-order valence-electron chi connectivity index (χ2n) is 14.1. The monoisotopic (exact) mass is 646 g/mol. The molecule has 2 amide bonds. The maximum atomic E-state index is 15.2. The lowest BCUT2D eigenvalue weighted by atomic mass is 9.81. The number of aryl methyl sites for hydroxylation is 1. The van der Waals surface area contributed by atoms with Crippen molar-refractivity contribution >= 4 is 28.9 Å². The molecule has 0 bridgehead atoms. The van der Waals surface area contributed by atoms with Crippen LogP contribution in [0.2, 0.25) is 0 Å². The summed E-state index contributed by atoms with van der Waals surface area (Å²) in [5.74, 6) is -1.42. The van der Waals surface area contributed by atoms with E-state index in [0.717, 1.165) is 28.5 Å². The summed E-state index contributed by atoms with van der Waals surface area (Å²) in [6, 6.07) is 2.27. The molecule has 7 rings (SSSR count). The Kier molecular flexibility index (Phi) is 7.23. The second-order valence-corrected chi connectivity index (χ2v) is 14.1. The van der Waals surface area contributed by atoms with Crippen LogP contribution in [-0.4, -0.2) is 55.7 Å². The zero-order valence-corrected chi connectivity index (χ0v) is 27.3. The number of esters is 1. The SMILES string of the molecule is CC[C@@]1(O)C(=O)OCc2c1cc1n(c2=O)Cc2c-1nc1cc(F)c(C)c3c1c2[C@@H](NC(=O)C[C@H]1CCCN1C(=O)OC(C)(C)C)CC3. The number of hydrogen-bond acceptors (Lipinski definition) is 8. The molecule has 4 aliphatic rings. The van der Waals surface area contributed by atoms with Gasteiger partial charge in [0, 0.05) is 41.6 Å². The summed E-state index contributed by atoms with van der Waals surface area (Å²) in [6.45, 7) is 9.24. The maximum absolute atomic E-state index is 15.2. The van der Waals surface area contributed by atoms with Crippen LogP contribution in [0.3, 0.4) is 0 Å². The summed E-state index contributed by atoms with van der Waals surface area (Å²) < 4.78 is 27.6. The highest BCUT2D eigenvalue weighted by molar-refractivity contribution is 5.94. The van der Waals surface area contributed by atoms with Crippen LogP contribution in [0.5, 0.6) is 0 Å². The number of fused-ring (bicyclic) bond motifs is 5. The number of nitrogens with zero attached hydrogens (tertiary/aromatic N) is 3. The first-order valence-corrected chi connectivity index (χ1v) is 16.3. The highest BCUT2D eigenvalue weighted by Gasteiger charge is 2.46. The second kappa shape index (κ2) is 10.9. The molecule has 3 atom stereocenters. The quantitative estimate of drug-likeness (QED) is 0.311. The first-order valence-electron chi connectivity index (χ1n) is 16.3. The number of carbonyl (C=O) groups excluding carboxylic acids is 3. The average Bonchev–Trinajstić information content (AvgIpc) is 3.62. The summed E-state index contributed by atoms with van der Waals surface area (Å²) >= 11 is 0. The van der Waals surface area contributed by atoms with Gasteiger partial charge in [-0.1, -0.05) is 6.92 Å². The van der Waals surface area contributed by atoms with Gasteiger partial charge in [0.1, 0.15) is 18.0 Å². The average molecular weight is 647 g/mol. The van der Waals surface area contributed by atoms with Crippen LogP contribution in [0.15, 0.2) is 16.9 Å². The van der Waals surface area contributed by atoms with Crippen LogP contribution in [0.1, 0.15) is 99.2 Å². The molecule has 2 aromatic heterocycles. The Hall–Kier alpha value is -4.32. The fourth-order valence-corrected chi connectivity index (χ4v) is 7.78. The van der Waals surface area contributed by atoms with E-state index in [4.69, 9.17) is 14.5 Å². The molecule has 2 N–H and O–H groups in total. The molecule has 0 unspecified atom stereocenters. The first kappa shape index (κ1) is 31.3. The summed E-state index contributed by atoms with van der Waals surface area (Å²) in [7, 11) is 0. The van der Waals surface area contributed by atoms with Crippen molar-refractivity contribution in [2.45, 2.75) is 110 Å². The van der Waals surface area contributed by atoms with Crippen molar-refractivity contribution < 1.29 is 33.4 Å². The summed E-state index contributed by atoms with van der Waals surface area (Å²) in [6.07, 6.45) is 2.19. The largest absolute Gasteiger partial charge is 0.458 e. The number of nitrogens with one attached hydrogen (secondary N) is 1. The van der Waals surface area contributed by atoms with Gasteiger partial charge in [0.05, 0.1) is 35.1 Å². The van der Waals surface area contributed by atoms with E-state index in [1.165, 1.54) is 6.07 Å². The molecule has 1 fully saturated rings. The zero-order chi connectivity index (χ0) is 33.6. The van der Waals surface area contributed by atoms with Crippen molar-refractivity contribution in [2.24, 2.45) is 0 Å². The molecule has 1 aromatic carbocycles. The topological polar surface area (TPSA) is 140 Å². The maximum Gasteiger partial charge on any atom is 0.410 e. The number of halogens is 1. The normalized spacial score (nSPS) is 22.9. The molecule has 47 heavy (non-hydrogen) atoms. The number of ether oxygens (including phenoxy) is 2. The highest BCUT2D eigenvalue weighted by atomic mass is 19.1. The number of benzene rings is 1. The Labute approximate surface area is 271 Å². The fraction of sp³-hybridized carbons (Fsp3) is 0.514. The van der Waals surface area contributed by atoms with Gasteiger partial charge >= 0.3 is 12.1 Å². The van der Waals surface area contributed by atoms with Gasteiger partial charge < -0.3 is 29.4 Å². The standard InChI is InChI=1S/C35H39FN4O7/c1-6-35(45)22-13-26-30-20(15-40(26)31(42)21(22)16-46-32(35)43)29-24(10-9-19-17(2)23(36)14-25(38-30)28(19)29)37-27(41)12-18-8-7-11-39(18)33(44)47-34(3,4)5/h13-14,18,24,45H,6-12,15-16H2,1-5H3,(H,37,41)/t18-,24+,35+/m1/s1. The Bertz CT molecular complexity index is 1950. The van der Waals surface area contributed by atoms with Crippen LogP contribution < -0.4 is 10.9 Å². The number of likely N-dealkylation sites (tertiary alicyclic amines) is 1. The van der Waals surface area contributed by atoms with Crippen molar-refractivity contribution in [1.82, 2.24) is 19.8 Å². The predicted octanol–water partition coefficient (Wildman–Crippen LogP) is 4.42. The number of amides is 2. The molecule has 1 aliphatic carbocycles. The van der Waals surface area contributed by atoms with E-state index in [-0.39, 0.29) is 54.9 Å². The molecule has 0 spiro atoms. The molecule has 12 heteroatoms. The number of pyridine rings is 2. The summed E-state index contributed by atoms with van der Waals surface area (Å²) in [5, 5.41) is 15.3. The molecule has 5 heterocycles. The minimum Gasteiger partial charge on any atom is -0.458 e. The van der Waals surface area contributed by atoms with Gasteiger partial charge in [-0.05, 0) is 82.6 Å². The lowest BCUT2D eigenvalue weighted by Crippen LogP contribution is -2.44. The van der Waals surface area contributed by atoms with Crippen molar-refractivity contribution in [3.8, 4) is 11.4 Å². The van der Waals surface area contributed by atoms with Gasteiger partial charge in [0.25, 0.3) is 5.56 Å². The van der Waals surface area contributed by atoms with Crippen molar-refractivity contribution in [1.29, 1.82) is 0 Å². The number of rotatable bonds is 4. The molecular formula is C35H39FN4O7. The minimum absolute atomic E-state index is 0.0132. The lowest BCUT2D eigenvalue weighted by Gasteiger charge is -2.31. The summed E-state index contributed by atoms with van der Waals surface area (Å²) in [5.41, 5.74) is 1.54. The van der Waals surface area contributed by atoms with Gasteiger partial charge in [-0.15, -0.1) is 0 Å². The molecule has 248 valence electrons. The molecule has 3 aliphatic heterocycles. The van der Waals surface area contributed by atoms with E-state index >= 15 is 4.39 Å². The number of cyclic esters (lactones) is 1. The Morgan fingerprint density at radius 3 is 2.68 bits per heavy atom. The highest BCUT2D eigenvalue weighted by Crippen LogP contribution is 2.46. The Balaban J connectivity index is 1.29. The van der Waals surface area contributed by atoms with E-state index in [1.807, 2.05) is 20.8 Å². The van der Waals surface area contributed by atoms with E-state index in [1.54, 1.807) is 29.4 Å².